The van der Waals surface area contributed by atoms with E-state index in [0.717, 1.165) is 28.0 Å². The van der Waals surface area contributed by atoms with Gasteiger partial charge in [-0.2, -0.15) is 4.98 Å². The Labute approximate surface area is 152 Å². The van der Waals surface area contributed by atoms with E-state index in [1.807, 2.05) is 29.6 Å². The van der Waals surface area contributed by atoms with Crippen molar-refractivity contribution in [2.24, 2.45) is 0 Å². The van der Waals surface area contributed by atoms with Crippen molar-refractivity contribution in [1.82, 2.24) is 29.9 Å². The molecule has 4 aromatic heterocycles. The number of pyridine rings is 1. The van der Waals surface area contributed by atoms with E-state index in [1.165, 1.54) is 0 Å². The van der Waals surface area contributed by atoms with E-state index in [9.17, 15) is 0 Å². The highest BCUT2D eigenvalue weighted by Crippen LogP contribution is 2.27. The van der Waals surface area contributed by atoms with Crippen LogP contribution in [0.1, 0.15) is 12.7 Å². The molecule has 4 aromatic rings. The zero-order chi connectivity index (χ0) is 17.1. The highest BCUT2D eigenvalue weighted by atomic mass is 32.2. The Morgan fingerprint density at radius 2 is 2.08 bits per heavy atom. The minimum atomic E-state index is 0.556. The molecular weight excluding hydrogens is 356 g/mol. The van der Waals surface area contributed by atoms with Gasteiger partial charge in [-0.25, -0.2) is 0 Å². The molecule has 0 bridgehead atoms. The third-order valence-electron chi connectivity index (χ3n) is 3.50. The number of hydrogen-bond donors (Lipinski definition) is 0. The second-order valence-corrected chi connectivity index (χ2v) is 6.96. The molecule has 0 aliphatic rings. The molecule has 0 radical (unpaired) electrons. The van der Waals surface area contributed by atoms with Crippen LogP contribution in [0.15, 0.2) is 51.7 Å². The summed E-state index contributed by atoms with van der Waals surface area (Å²) in [5.74, 6) is 2.60. The molecule has 0 saturated heterocycles. The number of aromatic nitrogens is 6. The highest BCUT2D eigenvalue weighted by Gasteiger charge is 2.15. The molecule has 0 N–H and O–H groups in total. The van der Waals surface area contributed by atoms with Crippen LogP contribution in [0.5, 0.6) is 0 Å². The molecule has 9 heteroatoms. The SMILES string of the molecule is CCn1c(SCc2noc(-c3cccs3)n2)nnc1-c1ccncc1. The van der Waals surface area contributed by atoms with Crippen molar-refractivity contribution in [2.45, 2.75) is 24.4 Å². The van der Waals surface area contributed by atoms with Gasteiger partial charge in [0.05, 0.1) is 10.6 Å². The van der Waals surface area contributed by atoms with E-state index in [2.05, 4.69) is 36.8 Å². The average molecular weight is 370 g/mol. The summed E-state index contributed by atoms with van der Waals surface area (Å²) in [4.78, 5) is 9.45. The summed E-state index contributed by atoms with van der Waals surface area (Å²) < 4.78 is 7.38. The van der Waals surface area contributed by atoms with Crippen LogP contribution >= 0.6 is 23.1 Å². The molecule has 0 aliphatic carbocycles. The van der Waals surface area contributed by atoms with Crippen LogP contribution in [0.4, 0.5) is 0 Å². The maximum atomic E-state index is 5.31. The highest BCUT2D eigenvalue weighted by molar-refractivity contribution is 7.98. The molecule has 0 aromatic carbocycles. The fourth-order valence-corrected chi connectivity index (χ4v) is 3.83. The molecular formula is C16H14N6OS2. The third kappa shape index (κ3) is 3.33. The van der Waals surface area contributed by atoms with Crippen LogP contribution in [0.25, 0.3) is 22.2 Å². The molecule has 7 nitrogen and oxygen atoms in total. The maximum Gasteiger partial charge on any atom is 0.268 e. The molecule has 0 spiro atoms. The Hall–Kier alpha value is -2.52. The monoisotopic (exact) mass is 370 g/mol. The Bertz CT molecular complexity index is 948. The largest absolute Gasteiger partial charge is 0.333 e. The van der Waals surface area contributed by atoms with Gasteiger partial charge in [0.25, 0.3) is 5.89 Å². The van der Waals surface area contributed by atoms with Crippen LogP contribution in [-0.4, -0.2) is 29.9 Å². The van der Waals surface area contributed by atoms with Crippen molar-refractivity contribution in [3.8, 4) is 22.2 Å². The molecule has 0 saturated carbocycles. The zero-order valence-electron chi connectivity index (χ0n) is 13.4. The lowest BCUT2D eigenvalue weighted by molar-refractivity contribution is 0.426. The molecule has 0 aliphatic heterocycles. The molecule has 0 fully saturated rings. The average Bonchev–Trinajstić information content (AvgIpc) is 3.39. The summed E-state index contributed by atoms with van der Waals surface area (Å²) in [7, 11) is 0. The second kappa shape index (κ2) is 7.16. The van der Waals surface area contributed by atoms with Gasteiger partial charge in [-0.3, -0.25) is 4.98 Å². The summed E-state index contributed by atoms with van der Waals surface area (Å²) in [6.45, 7) is 2.85. The van der Waals surface area contributed by atoms with Crippen molar-refractivity contribution >= 4 is 23.1 Å². The van der Waals surface area contributed by atoms with Crippen molar-refractivity contribution in [3.05, 3.63) is 47.9 Å². The Morgan fingerprint density at radius 1 is 1.20 bits per heavy atom. The van der Waals surface area contributed by atoms with Gasteiger partial charge in [-0.05, 0) is 30.5 Å². The first kappa shape index (κ1) is 16.0. The Morgan fingerprint density at radius 3 is 2.84 bits per heavy atom. The maximum absolute atomic E-state index is 5.31. The van der Waals surface area contributed by atoms with Crippen molar-refractivity contribution in [1.29, 1.82) is 0 Å². The first-order valence-corrected chi connectivity index (χ1v) is 9.54. The van der Waals surface area contributed by atoms with E-state index in [1.54, 1.807) is 35.5 Å². The van der Waals surface area contributed by atoms with Crippen LogP contribution in [0.2, 0.25) is 0 Å². The fourth-order valence-electron chi connectivity index (χ4n) is 2.34. The van der Waals surface area contributed by atoms with Crippen LogP contribution in [-0.2, 0) is 12.3 Å². The van der Waals surface area contributed by atoms with E-state index in [0.29, 0.717) is 17.5 Å². The predicted octanol–water partition coefficient (Wildman–Crippen LogP) is 3.76. The zero-order valence-corrected chi connectivity index (χ0v) is 15.0. The Balaban J connectivity index is 1.51. The topological polar surface area (TPSA) is 82.5 Å². The number of nitrogens with zero attached hydrogens (tertiary/aromatic N) is 6. The van der Waals surface area contributed by atoms with E-state index < -0.39 is 0 Å². The quantitative estimate of drug-likeness (QED) is 0.478. The molecule has 0 amide bonds. The Kier molecular flexibility index (Phi) is 4.57. The molecule has 25 heavy (non-hydrogen) atoms. The van der Waals surface area contributed by atoms with Crippen molar-refractivity contribution < 1.29 is 4.52 Å². The summed E-state index contributed by atoms with van der Waals surface area (Å²) >= 11 is 3.12. The standard InChI is InChI=1S/C16H14N6OS2/c1-2-22-14(11-5-7-17-8-6-11)19-20-16(22)25-10-13-18-15(23-21-13)12-4-3-9-24-12/h3-9H,2,10H2,1H3. The fraction of sp³-hybridized carbons (Fsp3) is 0.188. The minimum Gasteiger partial charge on any atom is -0.333 e. The third-order valence-corrected chi connectivity index (χ3v) is 5.32. The molecule has 0 atom stereocenters. The molecule has 126 valence electrons. The van der Waals surface area contributed by atoms with Gasteiger partial charge in [0.15, 0.2) is 16.8 Å². The summed E-state index contributed by atoms with van der Waals surface area (Å²) in [5.41, 5.74) is 0.996. The smallest absolute Gasteiger partial charge is 0.268 e. The number of thioether (sulfide) groups is 1. The number of thiophene rings is 1. The normalized spacial score (nSPS) is 11.1. The predicted molar refractivity (Wildman–Crippen MR) is 96.1 cm³/mol. The lowest BCUT2D eigenvalue weighted by Gasteiger charge is -2.06. The second-order valence-electron chi connectivity index (χ2n) is 5.07. The van der Waals surface area contributed by atoms with Gasteiger partial charge in [0, 0.05) is 24.5 Å². The molecule has 4 heterocycles. The van der Waals surface area contributed by atoms with Gasteiger partial charge in [0.1, 0.15) is 0 Å². The van der Waals surface area contributed by atoms with E-state index >= 15 is 0 Å². The summed E-state index contributed by atoms with van der Waals surface area (Å²) in [5, 5.41) is 15.5. The minimum absolute atomic E-state index is 0.556. The number of rotatable bonds is 6. The lowest BCUT2D eigenvalue weighted by atomic mass is 10.2. The van der Waals surface area contributed by atoms with Gasteiger partial charge in [-0.15, -0.1) is 21.5 Å². The van der Waals surface area contributed by atoms with Crippen molar-refractivity contribution in [3.63, 3.8) is 0 Å². The van der Waals surface area contributed by atoms with Crippen LogP contribution in [0, 0.1) is 0 Å². The summed E-state index contributed by atoms with van der Waals surface area (Å²) in [6.07, 6.45) is 3.50. The summed E-state index contributed by atoms with van der Waals surface area (Å²) in [6, 6.07) is 7.78. The lowest BCUT2D eigenvalue weighted by Crippen LogP contribution is -2.00. The van der Waals surface area contributed by atoms with Gasteiger partial charge >= 0.3 is 0 Å². The molecule has 0 unspecified atom stereocenters. The first-order valence-electron chi connectivity index (χ1n) is 7.68. The van der Waals surface area contributed by atoms with Gasteiger partial charge in [0.2, 0.25) is 0 Å². The van der Waals surface area contributed by atoms with Crippen LogP contribution < -0.4 is 0 Å². The molecule has 4 rings (SSSR count). The first-order chi connectivity index (χ1) is 12.3. The van der Waals surface area contributed by atoms with E-state index in [-0.39, 0.29) is 0 Å². The number of hydrogen-bond acceptors (Lipinski definition) is 8. The van der Waals surface area contributed by atoms with Crippen molar-refractivity contribution in [2.75, 3.05) is 0 Å². The van der Waals surface area contributed by atoms with Crippen LogP contribution in [0.3, 0.4) is 0 Å². The van der Waals surface area contributed by atoms with E-state index in [4.69, 9.17) is 4.52 Å². The van der Waals surface area contributed by atoms with Gasteiger partial charge in [-0.1, -0.05) is 23.0 Å². The van der Waals surface area contributed by atoms with Gasteiger partial charge < -0.3 is 9.09 Å².